The summed E-state index contributed by atoms with van der Waals surface area (Å²) < 4.78 is 5.37. The summed E-state index contributed by atoms with van der Waals surface area (Å²) in [5, 5.41) is 3.28. The molecule has 4 nitrogen and oxygen atoms in total. The van der Waals surface area contributed by atoms with Crippen LogP contribution in [0.25, 0.3) is 11.1 Å². The number of ether oxygens (including phenoxy) is 1. The molecule has 0 aromatic heterocycles. The van der Waals surface area contributed by atoms with Crippen LogP contribution in [0.1, 0.15) is 5.56 Å². The summed E-state index contributed by atoms with van der Waals surface area (Å²) in [4.78, 5) is 14.3. The Kier molecular flexibility index (Phi) is 6.10. The molecule has 0 atom stereocenters. The van der Waals surface area contributed by atoms with Gasteiger partial charge in [0.05, 0.1) is 13.7 Å². The van der Waals surface area contributed by atoms with E-state index in [0.29, 0.717) is 6.54 Å². The molecule has 0 aliphatic rings. The summed E-state index contributed by atoms with van der Waals surface area (Å²) in [5.41, 5.74) is 4.14. The van der Waals surface area contributed by atoms with Crippen LogP contribution in [0.15, 0.2) is 78.9 Å². The van der Waals surface area contributed by atoms with Gasteiger partial charge in [-0.25, -0.2) is 0 Å². The average Bonchev–Trinajstić information content (AvgIpc) is 2.73. The minimum absolute atomic E-state index is 0.0174. The number of hydrogen-bond donors (Lipinski definition) is 1. The van der Waals surface area contributed by atoms with Crippen LogP contribution in [0.4, 0.5) is 5.69 Å². The second-order valence-electron chi connectivity index (χ2n) is 6.33. The third-order valence-electron chi connectivity index (χ3n) is 4.47. The molecule has 0 aliphatic carbocycles. The van der Waals surface area contributed by atoms with Crippen molar-refractivity contribution < 1.29 is 9.53 Å². The number of anilines is 1. The van der Waals surface area contributed by atoms with Crippen LogP contribution in [0.2, 0.25) is 0 Å². The Morgan fingerprint density at radius 2 is 1.59 bits per heavy atom. The number of rotatable bonds is 7. The van der Waals surface area contributed by atoms with Crippen LogP contribution in [-0.4, -0.2) is 31.5 Å². The largest absolute Gasteiger partial charge is 0.496 e. The number of benzene rings is 3. The number of carbonyl (C=O) groups excluding carboxylic acids is 1. The van der Waals surface area contributed by atoms with Crippen molar-refractivity contribution in [3.8, 4) is 16.9 Å². The van der Waals surface area contributed by atoms with E-state index in [1.807, 2.05) is 60.7 Å². The molecule has 1 amide bonds. The van der Waals surface area contributed by atoms with Gasteiger partial charge < -0.3 is 15.0 Å². The second-order valence-corrected chi connectivity index (χ2v) is 6.33. The van der Waals surface area contributed by atoms with Crippen LogP contribution >= 0.6 is 0 Å². The summed E-state index contributed by atoms with van der Waals surface area (Å²) in [7, 11) is 3.45. The molecule has 0 fully saturated rings. The van der Waals surface area contributed by atoms with Gasteiger partial charge in [0, 0.05) is 30.4 Å². The van der Waals surface area contributed by atoms with Crippen molar-refractivity contribution in [2.24, 2.45) is 0 Å². The highest BCUT2D eigenvalue weighted by Gasteiger charge is 2.12. The lowest BCUT2D eigenvalue weighted by Gasteiger charge is -2.20. The van der Waals surface area contributed by atoms with Gasteiger partial charge >= 0.3 is 0 Å². The van der Waals surface area contributed by atoms with E-state index in [2.05, 4.69) is 23.5 Å². The summed E-state index contributed by atoms with van der Waals surface area (Å²) >= 11 is 0. The first-order valence-electron chi connectivity index (χ1n) is 8.93. The summed E-state index contributed by atoms with van der Waals surface area (Å²) in [6, 6.07) is 25.9. The molecule has 0 bridgehead atoms. The van der Waals surface area contributed by atoms with E-state index in [1.165, 1.54) is 0 Å². The number of carbonyl (C=O) groups is 1. The number of nitrogens with one attached hydrogen (secondary N) is 1. The van der Waals surface area contributed by atoms with E-state index in [1.54, 1.807) is 19.1 Å². The maximum absolute atomic E-state index is 12.6. The monoisotopic (exact) mass is 360 g/mol. The van der Waals surface area contributed by atoms with Crippen molar-refractivity contribution >= 4 is 11.6 Å². The Morgan fingerprint density at radius 1 is 0.926 bits per heavy atom. The van der Waals surface area contributed by atoms with Crippen molar-refractivity contribution in [2.45, 2.75) is 6.54 Å². The molecule has 0 saturated carbocycles. The van der Waals surface area contributed by atoms with Gasteiger partial charge in [-0.3, -0.25) is 4.79 Å². The summed E-state index contributed by atoms with van der Waals surface area (Å²) in [6.45, 7) is 0.736. The molecule has 0 unspecified atom stereocenters. The van der Waals surface area contributed by atoms with E-state index < -0.39 is 0 Å². The highest BCUT2D eigenvalue weighted by atomic mass is 16.5. The van der Waals surface area contributed by atoms with Crippen LogP contribution < -0.4 is 10.1 Å². The van der Waals surface area contributed by atoms with Crippen LogP contribution in [0.5, 0.6) is 5.75 Å². The third-order valence-corrected chi connectivity index (χ3v) is 4.47. The molecule has 0 heterocycles. The zero-order valence-electron chi connectivity index (χ0n) is 15.7. The van der Waals surface area contributed by atoms with Crippen molar-refractivity contribution in [1.82, 2.24) is 4.90 Å². The lowest BCUT2D eigenvalue weighted by molar-refractivity contribution is -0.128. The van der Waals surface area contributed by atoms with Gasteiger partial charge in [-0.05, 0) is 17.7 Å². The molecule has 3 aromatic carbocycles. The molecule has 3 aromatic rings. The Hall–Kier alpha value is -3.27. The first-order chi connectivity index (χ1) is 13.2. The Bertz CT molecular complexity index is 894. The molecule has 0 radical (unpaired) electrons. The fourth-order valence-electron chi connectivity index (χ4n) is 2.99. The molecule has 0 saturated heterocycles. The quantitative estimate of drug-likeness (QED) is 0.678. The van der Waals surface area contributed by atoms with E-state index in [4.69, 9.17) is 4.74 Å². The fraction of sp³-hybridized carbons (Fsp3) is 0.174. The van der Waals surface area contributed by atoms with Crippen molar-refractivity contribution in [3.63, 3.8) is 0 Å². The van der Waals surface area contributed by atoms with E-state index in [0.717, 1.165) is 28.1 Å². The normalized spacial score (nSPS) is 10.3. The molecule has 4 heteroatoms. The van der Waals surface area contributed by atoms with Gasteiger partial charge in [-0.15, -0.1) is 0 Å². The number of para-hydroxylation sites is 2. The number of methoxy groups -OCH3 is 1. The average molecular weight is 360 g/mol. The zero-order chi connectivity index (χ0) is 19.1. The van der Waals surface area contributed by atoms with Crippen molar-refractivity contribution in [3.05, 3.63) is 84.4 Å². The molecule has 3 rings (SSSR count). The molecule has 1 N–H and O–H groups in total. The van der Waals surface area contributed by atoms with Gasteiger partial charge in [0.15, 0.2) is 0 Å². The summed E-state index contributed by atoms with van der Waals surface area (Å²) in [5.74, 6) is 0.809. The molecule has 138 valence electrons. The molecular formula is C23H24N2O2. The first kappa shape index (κ1) is 18.5. The van der Waals surface area contributed by atoms with Gasteiger partial charge in [0.2, 0.25) is 5.91 Å². The standard InChI is InChI=1S/C23H24N2O2/c1-25(17-19-12-6-9-15-22(19)27-2)23(26)16-24-21-14-8-7-13-20(21)18-10-4-3-5-11-18/h3-15,24H,16-17H2,1-2H3. The number of likely N-dealkylation sites (N-methyl/N-ethyl adjacent to an activating group) is 1. The lowest BCUT2D eigenvalue weighted by Crippen LogP contribution is -2.32. The third kappa shape index (κ3) is 4.67. The van der Waals surface area contributed by atoms with Crippen LogP contribution in [-0.2, 0) is 11.3 Å². The smallest absolute Gasteiger partial charge is 0.241 e. The number of nitrogens with zero attached hydrogens (tertiary/aromatic N) is 1. The predicted octanol–water partition coefficient (Wildman–Crippen LogP) is 4.43. The topological polar surface area (TPSA) is 41.6 Å². The van der Waals surface area contributed by atoms with E-state index in [-0.39, 0.29) is 12.5 Å². The number of amides is 1. The summed E-state index contributed by atoms with van der Waals surface area (Å²) in [6.07, 6.45) is 0. The number of hydrogen-bond acceptors (Lipinski definition) is 3. The minimum atomic E-state index is 0.0174. The first-order valence-corrected chi connectivity index (χ1v) is 8.93. The Labute approximate surface area is 160 Å². The second kappa shape index (κ2) is 8.90. The Balaban J connectivity index is 1.66. The minimum Gasteiger partial charge on any atom is -0.496 e. The van der Waals surface area contributed by atoms with Crippen molar-refractivity contribution in [1.29, 1.82) is 0 Å². The molecule has 0 spiro atoms. The highest BCUT2D eigenvalue weighted by molar-refractivity contribution is 5.84. The van der Waals surface area contributed by atoms with Gasteiger partial charge in [0.1, 0.15) is 5.75 Å². The SMILES string of the molecule is COc1ccccc1CN(C)C(=O)CNc1ccccc1-c1ccccc1. The predicted molar refractivity (Wildman–Crippen MR) is 110 cm³/mol. The molecular weight excluding hydrogens is 336 g/mol. The van der Waals surface area contributed by atoms with Gasteiger partial charge in [-0.2, -0.15) is 0 Å². The molecule has 27 heavy (non-hydrogen) atoms. The Morgan fingerprint density at radius 3 is 2.37 bits per heavy atom. The fourth-order valence-corrected chi connectivity index (χ4v) is 2.99. The van der Waals surface area contributed by atoms with Gasteiger partial charge in [0.25, 0.3) is 0 Å². The van der Waals surface area contributed by atoms with Crippen LogP contribution in [0.3, 0.4) is 0 Å². The maximum atomic E-state index is 12.6. The van der Waals surface area contributed by atoms with Crippen LogP contribution in [0, 0.1) is 0 Å². The maximum Gasteiger partial charge on any atom is 0.241 e. The highest BCUT2D eigenvalue weighted by Crippen LogP contribution is 2.27. The van der Waals surface area contributed by atoms with Gasteiger partial charge in [-0.1, -0.05) is 66.7 Å². The van der Waals surface area contributed by atoms with E-state index >= 15 is 0 Å². The zero-order valence-corrected chi connectivity index (χ0v) is 15.7. The lowest BCUT2D eigenvalue weighted by atomic mass is 10.0. The molecule has 0 aliphatic heterocycles. The van der Waals surface area contributed by atoms with E-state index in [9.17, 15) is 4.79 Å². The van der Waals surface area contributed by atoms with Crippen molar-refractivity contribution in [2.75, 3.05) is 26.0 Å².